The Balaban J connectivity index is 2.29. The summed E-state index contributed by atoms with van der Waals surface area (Å²) >= 11 is 15.4. The molecule has 0 N–H and O–H groups in total. The molecule has 0 fully saturated rings. The van der Waals surface area contributed by atoms with Crippen LogP contribution < -0.4 is 4.74 Å². The lowest BCUT2D eigenvalue weighted by Gasteiger charge is -2.11. The Morgan fingerprint density at radius 2 is 1.68 bits per heavy atom. The van der Waals surface area contributed by atoms with E-state index in [4.69, 9.17) is 27.9 Å². The molecule has 0 heterocycles. The fourth-order valence-corrected chi connectivity index (χ4v) is 2.57. The van der Waals surface area contributed by atoms with Crippen LogP contribution in [-0.2, 0) is 5.88 Å². The van der Waals surface area contributed by atoms with E-state index < -0.39 is 0 Å². The van der Waals surface area contributed by atoms with Gasteiger partial charge in [0.1, 0.15) is 11.5 Å². The highest BCUT2D eigenvalue weighted by Crippen LogP contribution is 2.31. The highest BCUT2D eigenvalue weighted by Gasteiger charge is 2.06. The molecule has 0 saturated carbocycles. The molecule has 100 valence electrons. The lowest BCUT2D eigenvalue weighted by molar-refractivity contribution is 0.481. The molecule has 0 aliphatic heterocycles. The van der Waals surface area contributed by atoms with Crippen molar-refractivity contribution in [2.24, 2.45) is 0 Å². The summed E-state index contributed by atoms with van der Waals surface area (Å²) in [6.45, 7) is 4.07. The van der Waals surface area contributed by atoms with Crippen LogP contribution in [0.2, 0.25) is 5.02 Å². The summed E-state index contributed by atoms with van der Waals surface area (Å²) in [5.74, 6) is 1.91. The predicted octanol–water partition coefficient (Wildman–Crippen LogP) is 6.25. The maximum absolute atomic E-state index is 6.11. The molecule has 0 aliphatic rings. The standard InChI is InChI=1S/C15H13BrCl2O/c1-9-5-13(6-10(2)15(9)16)19-12-4-3-11(8-17)14(18)7-12/h3-7H,8H2,1-2H3. The average molecular weight is 360 g/mol. The molecular formula is C15H13BrCl2O. The number of ether oxygens (including phenoxy) is 1. The number of hydrogen-bond donors (Lipinski definition) is 0. The van der Waals surface area contributed by atoms with Crippen molar-refractivity contribution < 1.29 is 4.74 Å². The topological polar surface area (TPSA) is 9.23 Å². The van der Waals surface area contributed by atoms with Crippen LogP contribution >= 0.6 is 39.1 Å². The SMILES string of the molecule is Cc1cc(Oc2ccc(CCl)c(Cl)c2)cc(C)c1Br. The first-order chi connectivity index (χ1) is 9.01. The smallest absolute Gasteiger partial charge is 0.128 e. The maximum atomic E-state index is 6.11. The molecule has 0 bridgehead atoms. The summed E-state index contributed by atoms with van der Waals surface area (Å²) in [5.41, 5.74) is 3.18. The fraction of sp³-hybridized carbons (Fsp3) is 0.200. The van der Waals surface area contributed by atoms with Gasteiger partial charge in [0.05, 0.1) is 0 Å². The van der Waals surface area contributed by atoms with E-state index in [0.29, 0.717) is 16.7 Å². The third kappa shape index (κ3) is 3.44. The van der Waals surface area contributed by atoms with Crippen LogP contribution in [0.25, 0.3) is 0 Å². The summed E-state index contributed by atoms with van der Waals surface area (Å²) in [7, 11) is 0. The zero-order valence-electron chi connectivity index (χ0n) is 10.6. The molecular weight excluding hydrogens is 347 g/mol. The minimum absolute atomic E-state index is 0.398. The second-order valence-electron chi connectivity index (χ2n) is 4.36. The monoisotopic (exact) mass is 358 g/mol. The number of hydrogen-bond acceptors (Lipinski definition) is 1. The predicted molar refractivity (Wildman–Crippen MR) is 84.7 cm³/mol. The summed E-state index contributed by atoms with van der Waals surface area (Å²) in [6.07, 6.45) is 0. The Morgan fingerprint density at radius 3 is 2.21 bits per heavy atom. The van der Waals surface area contributed by atoms with Crippen LogP contribution in [0, 0.1) is 13.8 Å². The molecule has 0 aromatic heterocycles. The van der Waals surface area contributed by atoms with Gasteiger partial charge in [0.2, 0.25) is 0 Å². The van der Waals surface area contributed by atoms with Crippen molar-refractivity contribution >= 4 is 39.1 Å². The van der Waals surface area contributed by atoms with E-state index in [1.165, 1.54) is 0 Å². The van der Waals surface area contributed by atoms with Crippen LogP contribution in [0.1, 0.15) is 16.7 Å². The molecule has 2 aromatic carbocycles. The van der Waals surface area contributed by atoms with E-state index in [2.05, 4.69) is 15.9 Å². The molecule has 0 unspecified atom stereocenters. The van der Waals surface area contributed by atoms with E-state index in [-0.39, 0.29) is 0 Å². The van der Waals surface area contributed by atoms with E-state index in [0.717, 1.165) is 26.9 Å². The Hall–Kier alpha value is -0.700. The Kier molecular flexibility index (Phi) is 4.77. The second kappa shape index (κ2) is 6.17. The van der Waals surface area contributed by atoms with Crippen molar-refractivity contribution in [1.82, 2.24) is 0 Å². The summed E-state index contributed by atoms with van der Waals surface area (Å²) < 4.78 is 6.93. The molecule has 0 radical (unpaired) electrons. The summed E-state index contributed by atoms with van der Waals surface area (Å²) in [6, 6.07) is 9.51. The normalized spacial score (nSPS) is 10.6. The highest BCUT2D eigenvalue weighted by atomic mass is 79.9. The molecule has 19 heavy (non-hydrogen) atoms. The van der Waals surface area contributed by atoms with Crippen molar-refractivity contribution in [3.63, 3.8) is 0 Å². The van der Waals surface area contributed by atoms with Gasteiger partial charge in [-0.05, 0) is 54.8 Å². The van der Waals surface area contributed by atoms with Gasteiger partial charge < -0.3 is 4.74 Å². The van der Waals surface area contributed by atoms with E-state index in [9.17, 15) is 0 Å². The fourth-order valence-electron chi connectivity index (χ4n) is 1.80. The summed E-state index contributed by atoms with van der Waals surface area (Å²) in [5, 5.41) is 0.623. The zero-order chi connectivity index (χ0) is 14.0. The van der Waals surface area contributed by atoms with E-state index >= 15 is 0 Å². The first-order valence-corrected chi connectivity index (χ1v) is 7.51. The molecule has 4 heteroatoms. The molecule has 0 spiro atoms. The first kappa shape index (κ1) is 14.7. The number of benzene rings is 2. The third-order valence-corrected chi connectivity index (χ3v) is 4.70. The van der Waals surface area contributed by atoms with Crippen molar-refractivity contribution in [3.8, 4) is 11.5 Å². The third-order valence-electron chi connectivity index (χ3n) is 2.81. The molecule has 2 rings (SSSR count). The maximum Gasteiger partial charge on any atom is 0.128 e. The van der Waals surface area contributed by atoms with Crippen molar-refractivity contribution in [2.75, 3.05) is 0 Å². The molecule has 0 saturated heterocycles. The van der Waals surface area contributed by atoms with Crippen molar-refractivity contribution in [2.45, 2.75) is 19.7 Å². The van der Waals surface area contributed by atoms with Crippen molar-refractivity contribution in [1.29, 1.82) is 0 Å². The molecule has 1 nitrogen and oxygen atoms in total. The molecule has 2 aromatic rings. The molecule has 0 aliphatic carbocycles. The van der Waals surface area contributed by atoms with Crippen LogP contribution in [0.15, 0.2) is 34.8 Å². The summed E-state index contributed by atoms with van der Waals surface area (Å²) in [4.78, 5) is 0. The van der Waals surface area contributed by atoms with Gasteiger partial charge in [0.25, 0.3) is 0 Å². The van der Waals surface area contributed by atoms with Crippen LogP contribution in [0.5, 0.6) is 11.5 Å². The number of alkyl halides is 1. The lowest BCUT2D eigenvalue weighted by atomic mass is 10.1. The number of halogens is 3. The average Bonchev–Trinajstić information content (AvgIpc) is 2.36. The van der Waals surface area contributed by atoms with Gasteiger partial charge in [-0.15, -0.1) is 11.6 Å². The minimum Gasteiger partial charge on any atom is -0.457 e. The first-order valence-electron chi connectivity index (χ1n) is 5.80. The van der Waals surface area contributed by atoms with Gasteiger partial charge in [-0.25, -0.2) is 0 Å². The van der Waals surface area contributed by atoms with Gasteiger partial charge in [-0.1, -0.05) is 33.6 Å². The number of aryl methyl sites for hydroxylation is 2. The van der Waals surface area contributed by atoms with Crippen LogP contribution in [0.3, 0.4) is 0 Å². The Morgan fingerprint density at radius 1 is 1.05 bits per heavy atom. The second-order valence-corrected chi connectivity index (χ2v) is 5.83. The van der Waals surface area contributed by atoms with Crippen molar-refractivity contribution in [3.05, 3.63) is 56.5 Å². The van der Waals surface area contributed by atoms with Gasteiger partial charge in [0.15, 0.2) is 0 Å². The Bertz CT molecular complexity index is 588. The largest absolute Gasteiger partial charge is 0.457 e. The van der Waals surface area contributed by atoms with Crippen LogP contribution in [-0.4, -0.2) is 0 Å². The quantitative estimate of drug-likeness (QED) is 0.588. The van der Waals surface area contributed by atoms with E-state index in [1.54, 1.807) is 6.07 Å². The van der Waals surface area contributed by atoms with Gasteiger partial charge >= 0.3 is 0 Å². The van der Waals surface area contributed by atoms with Gasteiger partial charge in [-0.2, -0.15) is 0 Å². The minimum atomic E-state index is 0.398. The highest BCUT2D eigenvalue weighted by molar-refractivity contribution is 9.10. The Labute approximate surface area is 131 Å². The lowest BCUT2D eigenvalue weighted by Crippen LogP contribution is -1.89. The van der Waals surface area contributed by atoms with E-state index in [1.807, 2.05) is 38.1 Å². The molecule has 0 atom stereocenters. The van der Waals surface area contributed by atoms with Gasteiger partial charge in [-0.3, -0.25) is 0 Å². The van der Waals surface area contributed by atoms with Crippen LogP contribution in [0.4, 0.5) is 0 Å². The molecule has 0 amide bonds. The number of rotatable bonds is 3. The zero-order valence-corrected chi connectivity index (χ0v) is 13.7. The van der Waals surface area contributed by atoms with Gasteiger partial charge in [0, 0.05) is 15.4 Å².